The molecule has 0 saturated carbocycles. The molecule has 2 N–H and O–H groups in total. The molecule has 1 atom stereocenters. The summed E-state index contributed by atoms with van der Waals surface area (Å²) < 4.78 is 0. The maximum atomic E-state index is 12.5. The second kappa shape index (κ2) is 9.36. The molecule has 26 heavy (non-hydrogen) atoms. The van der Waals surface area contributed by atoms with Gasteiger partial charge in [-0.2, -0.15) is 0 Å². The van der Waals surface area contributed by atoms with Crippen molar-refractivity contribution in [3.05, 3.63) is 35.4 Å². The van der Waals surface area contributed by atoms with Crippen molar-refractivity contribution in [1.29, 1.82) is 0 Å². The molecule has 2 rings (SSSR count). The van der Waals surface area contributed by atoms with Gasteiger partial charge in [-0.3, -0.25) is 14.4 Å². The highest BCUT2D eigenvalue weighted by molar-refractivity contribution is 5.97. The second-order valence-electron chi connectivity index (χ2n) is 7.19. The number of benzene rings is 1. The Morgan fingerprint density at radius 3 is 2.46 bits per heavy atom. The van der Waals surface area contributed by atoms with Gasteiger partial charge >= 0.3 is 0 Å². The van der Waals surface area contributed by atoms with Crippen LogP contribution in [0.3, 0.4) is 0 Å². The van der Waals surface area contributed by atoms with E-state index in [9.17, 15) is 14.4 Å². The maximum absolute atomic E-state index is 12.5. The Balaban J connectivity index is 1.86. The number of likely N-dealkylation sites (tertiary alicyclic amines) is 1. The average molecular weight is 359 g/mol. The van der Waals surface area contributed by atoms with E-state index in [1.54, 1.807) is 12.1 Å². The van der Waals surface area contributed by atoms with E-state index in [0.717, 1.165) is 31.5 Å². The van der Waals surface area contributed by atoms with Gasteiger partial charge in [-0.15, -0.1) is 0 Å². The minimum atomic E-state index is -0.634. The Bertz CT molecular complexity index is 651. The predicted octanol–water partition coefficient (Wildman–Crippen LogP) is 1.88. The molecule has 3 amide bonds. The van der Waals surface area contributed by atoms with Crippen molar-refractivity contribution in [2.24, 2.45) is 5.92 Å². The number of aryl methyl sites for hydroxylation is 1. The fourth-order valence-corrected chi connectivity index (χ4v) is 3.07. The minimum Gasteiger partial charge on any atom is -0.354 e. The van der Waals surface area contributed by atoms with Gasteiger partial charge < -0.3 is 15.5 Å². The first-order valence-corrected chi connectivity index (χ1v) is 9.31. The Hall–Kier alpha value is -2.37. The number of nitrogens with zero attached hydrogens (tertiary/aromatic N) is 1. The summed E-state index contributed by atoms with van der Waals surface area (Å²) in [7, 11) is 0. The first kappa shape index (κ1) is 19.9. The van der Waals surface area contributed by atoms with Crippen LogP contribution in [-0.4, -0.2) is 48.3 Å². The summed E-state index contributed by atoms with van der Waals surface area (Å²) in [5.41, 5.74) is 1.52. The predicted molar refractivity (Wildman–Crippen MR) is 101 cm³/mol. The van der Waals surface area contributed by atoms with E-state index in [1.807, 2.05) is 37.8 Å². The minimum absolute atomic E-state index is 0.0574. The van der Waals surface area contributed by atoms with Gasteiger partial charge in [0, 0.05) is 31.6 Å². The van der Waals surface area contributed by atoms with Crippen molar-refractivity contribution >= 4 is 17.7 Å². The van der Waals surface area contributed by atoms with Crippen LogP contribution >= 0.6 is 0 Å². The van der Waals surface area contributed by atoms with Crippen LogP contribution in [0.25, 0.3) is 0 Å². The molecule has 0 spiro atoms. The van der Waals surface area contributed by atoms with Crippen molar-refractivity contribution in [3.8, 4) is 0 Å². The molecule has 0 bridgehead atoms. The van der Waals surface area contributed by atoms with Gasteiger partial charge in [0.25, 0.3) is 5.91 Å². The van der Waals surface area contributed by atoms with E-state index >= 15 is 0 Å². The highest BCUT2D eigenvalue weighted by Crippen LogP contribution is 2.09. The summed E-state index contributed by atoms with van der Waals surface area (Å²) in [6.07, 6.45) is 2.40. The Morgan fingerprint density at radius 2 is 1.85 bits per heavy atom. The number of hydrogen-bond acceptors (Lipinski definition) is 3. The molecule has 0 radical (unpaired) electrons. The molecule has 0 aliphatic carbocycles. The zero-order valence-electron chi connectivity index (χ0n) is 15.9. The SMILES string of the molecule is Cc1cccc(C(=O)NC(C(=O)NCCC(=O)N2CCCC2)C(C)C)c1. The third-order valence-electron chi connectivity index (χ3n) is 4.61. The monoisotopic (exact) mass is 359 g/mol. The molecule has 142 valence electrons. The van der Waals surface area contributed by atoms with Gasteiger partial charge in [0.15, 0.2) is 0 Å². The largest absolute Gasteiger partial charge is 0.354 e. The molecule has 0 aromatic heterocycles. The van der Waals surface area contributed by atoms with E-state index in [1.165, 1.54) is 0 Å². The van der Waals surface area contributed by atoms with Gasteiger partial charge in [0.2, 0.25) is 11.8 Å². The summed E-state index contributed by atoms with van der Waals surface area (Å²) in [5.74, 6) is -0.503. The molecule has 1 aromatic carbocycles. The van der Waals surface area contributed by atoms with Gasteiger partial charge in [0.05, 0.1) is 0 Å². The molecule has 1 aliphatic rings. The van der Waals surface area contributed by atoms with Crippen molar-refractivity contribution < 1.29 is 14.4 Å². The Morgan fingerprint density at radius 1 is 1.15 bits per heavy atom. The van der Waals surface area contributed by atoms with Gasteiger partial charge in [-0.1, -0.05) is 31.5 Å². The van der Waals surface area contributed by atoms with Gasteiger partial charge in [-0.05, 0) is 37.8 Å². The molecule has 1 heterocycles. The third-order valence-corrected chi connectivity index (χ3v) is 4.61. The fraction of sp³-hybridized carbons (Fsp3) is 0.550. The number of amides is 3. The van der Waals surface area contributed by atoms with Crippen LogP contribution in [0.5, 0.6) is 0 Å². The quantitative estimate of drug-likeness (QED) is 0.780. The lowest BCUT2D eigenvalue weighted by Gasteiger charge is -2.22. The summed E-state index contributed by atoms with van der Waals surface area (Å²) in [4.78, 5) is 38.8. The fourth-order valence-electron chi connectivity index (χ4n) is 3.07. The number of carbonyl (C=O) groups excluding carboxylic acids is 3. The lowest BCUT2D eigenvalue weighted by Crippen LogP contribution is -2.50. The highest BCUT2D eigenvalue weighted by Gasteiger charge is 2.25. The molecular formula is C20H29N3O3. The van der Waals surface area contributed by atoms with E-state index in [4.69, 9.17) is 0 Å². The van der Waals surface area contributed by atoms with Crippen LogP contribution in [0.2, 0.25) is 0 Å². The number of nitrogens with one attached hydrogen (secondary N) is 2. The molecule has 6 heteroatoms. The molecule has 1 aromatic rings. The normalized spacial score (nSPS) is 15.0. The van der Waals surface area contributed by atoms with Crippen LogP contribution in [0, 0.1) is 12.8 Å². The Kier molecular flexibility index (Phi) is 7.18. The number of hydrogen-bond donors (Lipinski definition) is 2. The lowest BCUT2D eigenvalue weighted by molar-refractivity contribution is -0.130. The zero-order chi connectivity index (χ0) is 19.1. The van der Waals surface area contributed by atoms with Crippen molar-refractivity contribution in [3.63, 3.8) is 0 Å². The van der Waals surface area contributed by atoms with Crippen LogP contribution in [0.1, 0.15) is 49.0 Å². The Labute approximate surface area is 155 Å². The summed E-state index contributed by atoms with van der Waals surface area (Å²) in [5, 5.41) is 5.59. The number of carbonyl (C=O) groups is 3. The van der Waals surface area contributed by atoms with Crippen molar-refractivity contribution in [1.82, 2.24) is 15.5 Å². The zero-order valence-corrected chi connectivity index (χ0v) is 15.9. The molecule has 6 nitrogen and oxygen atoms in total. The van der Waals surface area contributed by atoms with Crippen LogP contribution in [0.4, 0.5) is 0 Å². The first-order valence-electron chi connectivity index (χ1n) is 9.31. The van der Waals surface area contributed by atoms with Crippen LogP contribution in [0.15, 0.2) is 24.3 Å². The van der Waals surface area contributed by atoms with Crippen LogP contribution in [-0.2, 0) is 9.59 Å². The second-order valence-corrected chi connectivity index (χ2v) is 7.19. The first-order chi connectivity index (χ1) is 12.4. The number of rotatable bonds is 7. The topological polar surface area (TPSA) is 78.5 Å². The van der Waals surface area contributed by atoms with E-state index in [0.29, 0.717) is 12.0 Å². The third kappa shape index (κ3) is 5.58. The van der Waals surface area contributed by atoms with E-state index in [-0.39, 0.29) is 30.2 Å². The van der Waals surface area contributed by atoms with Gasteiger partial charge in [0.1, 0.15) is 6.04 Å². The van der Waals surface area contributed by atoms with Crippen molar-refractivity contribution in [2.75, 3.05) is 19.6 Å². The molecule has 1 unspecified atom stereocenters. The maximum Gasteiger partial charge on any atom is 0.251 e. The summed E-state index contributed by atoms with van der Waals surface area (Å²) >= 11 is 0. The van der Waals surface area contributed by atoms with Crippen molar-refractivity contribution in [2.45, 2.75) is 46.1 Å². The van der Waals surface area contributed by atoms with Gasteiger partial charge in [-0.25, -0.2) is 0 Å². The smallest absolute Gasteiger partial charge is 0.251 e. The molecular weight excluding hydrogens is 330 g/mol. The van der Waals surface area contributed by atoms with E-state index < -0.39 is 6.04 Å². The summed E-state index contributed by atoms with van der Waals surface area (Å²) in [6, 6.07) is 6.62. The van der Waals surface area contributed by atoms with E-state index in [2.05, 4.69) is 10.6 Å². The molecule has 1 aliphatic heterocycles. The highest BCUT2D eigenvalue weighted by atomic mass is 16.2. The van der Waals surface area contributed by atoms with Crippen LogP contribution < -0.4 is 10.6 Å². The standard InChI is InChI=1S/C20H29N3O3/c1-14(2)18(22-19(25)16-8-6-7-15(3)13-16)20(26)21-10-9-17(24)23-11-4-5-12-23/h6-8,13-14,18H,4-5,9-12H2,1-3H3,(H,21,26)(H,22,25). The lowest BCUT2D eigenvalue weighted by atomic mass is 10.0. The molecule has 1 saturated heterocycles. The molecule has 1 fully saturated rings. The summed E-state index contributed by atoms with van der Waals surface area (Å²) in [6.45, 7) is 7.60. The average Bonchev–Trinajstić information content (AvgIpc) is 3.13.